The van der Waals surface area contributed by atoms with Gasteiger partial charge in [0, 0.05) is 160 Å². The van der Waals surface area contributed by atoms with Gasteiger partial charge in [0.15, 0.2) is 69.0 Å². The number of aliphatic imine (C=N–C) groups is 1. The Hall–Kier alpha value is -10.0. The van der Waals surface area contributed by atoms with Crippen molar-refractivity contribution in [3.05, 3.63) is 143 Å². The summed E-state index contributed by atoms with van der Waals surface area (Å²) in [7, 11) is 0. The molecule has 0 bridgehead atoms. The van der Waals surface area contributed by atoms with Crippen LogP contribution in [-0.4, -0.2) is 301 Å². The zero-order chi connectivity index (χ0) is 106. The van der Waals surface area contributed by atoms with Crippen molar-refractivity contribution in [2.75, 3.05) is 207 Å². The summed E-state index contributed by atoms with van der Waals surface area (Å²) >= 11 is 27.8. The molecule has 8 N–H and O–H groups in total. The van der Waals surface area contributed by atoms with Crippen LogP contribution in [0.25, 0.3) is 0 Å². The number of phenols is 4. The first-order valence-electron chi connectivity index (χ1n) is 50.3. The second-order valence-corrected chi connectivity index (χ2v) is 38.2. The molecular formula is C106H148Cl5N9O26. The fourth-order valence-electron chi connectivity index (χ4n) is 15.8. The number of nitrogens with zero attached hydrogens (tertiary/aromatic N) is 5. The number of hydrogen-bond donors (Lipinski definition) is 8. The summed E-state index contributed by atoms with van der Waals surface area (Å²) in [6.07, 6.45) is 9.56. The molecule has 808 valence electrons. The Morgan fingerprint density at radius 1 is 0.308 bits per heavy atom. The lowest BCUT2D eigenvalue weighted by Gasteiger charge is -2.26. The van der Waals surface area contributed by atoms with Gasteiger partial charge in [-0.05, 0) is 238 Å². The van der Waals surface area contributed by atoms with Gasteiger partial charge in [-0.3, -0.25) is 38.8 Å². The maximum absolute atomic E-state index is 13.2. The van der Waals surface area contributed by atoms with Crippen LogP contribution in [0.4, 0.5) is 19.2 Å². The van der Waals surface area contributed by atoms with Gasteiger partial charge in [-0.2, -0.15) is 0 Å². The molecule has 0 unspecified atom stereocenters. The lowest BCUT2D eigenvalue weighted by molar-refractivity contribution is -0.135. The molecule has 6 atom stereocenters. The number of aromatic hydroxyl groups is 4. The first kappa shape index (κ1) is 123. The number of carbonyl (C=O) groups excluding carboxylic acids is 9. The van der Waals surface area contributed by atoms with Crippen molar-refractivity contribution in [1.82, 2.24) is 40.9 Å². The molecule has 0 radical (unpaired) electrons. The zero-order valence-corrected chi connectivity index (χ0v) is 88.7. The Morgan fingerprint density at radius 3 is 0.822 bits per heavy atom. The number of amides is 4. The van der Waals surface area contributed by atoms with Crippen molar-refractivity contribution < 1.29 is 125 Å². The van der Waals surface area contributed by atoms with Gasteiger partial charge in [-0.25, -0.2) is 29.0 Å². The smallest absolute Gasteiger partial charge is 0.412 e. The third kappa shape index (κ3) is 50.3. The molecule has 6 aromatic rings. The highest BCUT2D eigenvalue weighted by Gasteiger charge is 2.27. The molecule has 4 amide bonds. The van der Waals surface area contributed by atoms with E-state index in [1.165, 1.54) is 37.5 Å². The molecule has 40 heteroatoms. The van der Waals surface area contributed by atoms with E-state index in [0.29, 0.717) is 166 Å². The van der Waals surface area contributed by atoms with Crippen molar-refractivity contribution in [2.24, 2.45) is 40.5 Å². The van der Waals surface area contributed by atoms with Gasteiger partial charge in [-0.1, -0.05) is 77.9 Å². The SMILES string of the molecule is C1CCOCC1.C[C@H](Cc1ccc(O)c(O)c1)[C@@H](C)Cc1ccc(O)c(O)c1.C[C@H](Cc1ccc(OC(=O)CCCCl)c(OC(=O)NCCCl)c1)[C@@H](C)Cc1ccc(OC(=O)NCCCl)c(OC(=O)CCCCl)c1.C[C@H](Cc1ccc(OC(=O)CCCN2CCOCC2)c(OC(=O)NCCN2CCOCC2)c1)[C@@H](C)Cc1ccc(OC(=O)NCCN2CCOCC2)c(OC(=O)CCCN2CCOCC2)c1.O=C=NCCCl. The standard InChI is InChI=1S/C48H72N6O12.C32H40Cl4N2O8.C18H22O4.C5H10O.C3H4ClNO/c1-37(33-39-8-10-42(65-47(57)49-11-15-53-21-29-61-30-22-53)43(35-39)64-46(56)6-4-14-52-19-27-60-28-20-52)38(2)34-40-7-9-41(63-45(55)5-3-13-51-17-25-59-26-18-51)44(36-40)66-48(58)50-12-16-54-23-31-62-32-24-54;1-21(17-23-8-10-26(45-31(41)37-15-13-35)27(19-23)44-30(40)6-4-12-34)22(2)18-24-7-9-25(43-29(39)5-3-11-33)28(20-24)46-32(42)38-16-14-36;1-11(7-13-3-5-15(19)17(21)9-13)12(2)8-14-4-6-16(20)18(22)10-14;1-2-4-6-5-3-1;4-1-2-5-3-6/h7-10,35-38H,3-6,11-34H2,1-2H3,(H,49,57)(H,50,58);7-10,19-22H,3-6,11-18H2,1-2H3,(H,37,41)(H,38,42);3-6,9-12,19-22H,7-8H2,1-2H3;1-5H2;1-2H2/t37-,38+;21-,22+;11-,12+;;/m00.../s1. The van der Waals surface area contributed by atoms with Crippen LogP contribution < -0.4 is 59.2 Å². The molecular weight excluding hydrogens is 1990 g/mol. The van der Waals surface area contributed by atoms with Gasteiger partial charge < -0.3 is 103 Å². The van der Waals surface area contributed by atoms with E-state index in [2.05, 4.69) is 87.4 Å². The van der Waals surface area contributed by atoms with Crippen molar-refractivity contribution in [2.45, 2.75) is 151 Å². The largest absolute Gasteiger partial charge is 0.504 e. The van der Waals surface area contributed by atoms with E-state index < -0.39 is 48.3 Å². The number of halogens is 5. The summed E-state index contributed by atoms with van der Waals surface area (Å²) in [5.41, 5.74) is 5.51. The third-order valence-electron chi connectivity index (χ3n) is 24.7. The van der Waals surface area contributed by atoms with Crippen LogP contribution >= 0.6 is 58.0 Å². The number of esters is 4. The third-order valence-corrected chi connectivity index (χ3v) is 25.8. The summed E-state index contributed by atoms with van der Waals surface area (Å²) in [5, 5.41) is 48.4. The van der Waals surface area contributed by atoms with Gasteiger partial charge >= 0.3 is 48.3 Å². The lowest BCUT2D eigenvalue weighted by atomic mass is 9.85. The lowest BCUT2D eigenvalue weighted by Crippen LogP contribution is -2.41. The number of phenolic OH excluding ortho intramolecular Hbond substituents is 4. The molecule has 146 heavy (non-hydrogen) atoms. The van der Waals surface area contributed by atoms with E-state index in [4.69, 9.17) is 120 Å². The zero-order valence-electron chi connectivity index (χ0n) is 84.9. The van der Waals surface area contributed by atoms with Crippen LogP contribution in [-0.2, 0) is 86.2 Å². The number of ether oxygens (including phenoxy) is 13. The van der Waals surface area contributed by atoms with Gasteiger partial charge in [0.1, 0.15) is 0 Å². The second kappa shape index (κ2) is 71.6. The summed E-state index contributed by atoms with van der Waals surface area (Å²) < 4.78 is 71.8. The first-order chi connectivity index (χ1) is 70.5. The minimum Gasteiger partial charge on any atom is -0.504 e. The Morgan fingerprint density at radius 2 is 0.562 bits per heavy atom. The van der Waals surface area contributed by atoms with Crippen LogP contribution in [0.3, 0.4) is 0 Å². The van der Waals surface area contributed by atoms with Gasteiger partial charge in [-0.15, -0.1) is 58.0 Å². The maximum Gasteiger partial charge on any atom is 0.412 e. The number of nitrogens with one attached hydrogen (secondary N) is 4. The van der Waals surface area contributed by atoms with Crippen molar-refractivity contribution >= 4 is 112 Å². The van der Waals surface area contributed by atoms with Gasteiger partial charge in [0.2, 0.25) is 6.08 Å². The Balaban J connectivity index is 0.000000308. The highest BCUT2D eigenvalue weighted by Crippen LogP contribution is 2.38. The summed E-state index contributed by atoms with van der Waals surface area (Å²) in [6.45, 7) is 31.3. The Bertz CT molecular complexity index is 4650. The number of alkyl halides is 5. The minimum atomic E-state index is -0.722. The van der Waals surface area contributed by atoms with Crippen LogP contribution in [0.15, 0.2) is 114 Å². The molecule has 5 fully saturated rings. The topological polar surface area (TPSA) is 428 Å². The van der Waals surface area contributed by atoms with Crippen molar-refractivity contribution in [3.63, 3.8) is 0 Å². The Labute approximate surface area is 882 Å². The molecule has 0 spiro atoms. The summed E-state index contributed by atoms with van der Waals surface area (Å²) in [5.74, 6) is 1.76. The first-order valence-corrected chi connectivity index (χ1v) is 53.0. The number of rotatable bonds is 49. The maximum atomic E-state index is 13.2. The fourth-order valence-corrected chi connectivity index (χ4v) is 16.3. The van der Waals surface area contributed by atoms with Crippen molar-refractivity contribution in [1.29, 1.82) is 0 Å². The Kier molecular flexibility index (Phi) is 60.2. The predicted molar refractivity (Wildman–Crippen MR) is 558 cm³/mol. The monoisotopic (exact) mass is 2140 g/mol. The molecule has 5 aliphatic rings. The molecule has 5 saturated heterocycles. The normalized spacial score (nSPS) is 15.6. The number of carbonyl (C=O) groups is 8. The quantitative estimate of drug-likeness (QED) is 0.00439. The van der Waals surface area contributed by atoms with E-state index in [1.807, 2.05) is 36.4 Å². The van der Waals surface area contributed by atoms with E-state index in [1.54, 1.807) is 60.7 Å². The van der Waals surface area contributed by atoms with Crippen LogP contribution in [0.1, 0.15) is 146 Å². The van der Waals surface area contributed by atoms with Gasteiger partial charge in [0.25, 0.3) is 0 Å². The average Bonchev–Trinajstić information content (AvgIpc) is 0.834. The molecule has 6 aromatic carbocycles. The number of isocyanates is 1. The van der Waals surface area contributed by atoms with E-state index in [9.17, 15) is 63.6 Å². The predicted octanol–water partition coefficient (Wildman–Crippen LogP) is 16.2. The van der Waals surface area contributed by atoms with Crippen LogP contribution in [0, 0.1) is 35.5 Å². The average molecular weight is 2140 g/mol. The van der Waals surface area contributed by atoms with Gasteiger partial charge in [0.05, 0.1) is 59.4 Å². The number of hydrogen-bond acceptors (Lipinski definition) is 31. The molecule has 35 nitrogen and oxygen atoms in total. The van der Waals surface area contributed by atoms with Crippen LogP contribution in [0.2, 0.25) is 0 Å². The number of morpholine rings is 4. The summed E-state index contributed by atoms with van der Waals surface area (Å²) in [4.78, 5) is 123. The fraction of sp³-hybridized carbons (Fsp3) is 0.575. The molecule has 0 aromatic heterocycles. The van der Waals surface area contributed by atoms with Crippen LogP contribution in [0.5, 0.6) is 69.0 Å². The van der Waals surface area contributed by atoms with E-state index in [-0.39, 0.29) is 143 Å². The number of benzene rings is 6. The molecule has 5 heterocycles. The second-order valence-electron chi connectivity index (χ2n) is 36.3. The molecule has 11 rings (SSSR count). The minimum absolute atomic E-state index is 0.0965. The van der Waals surface area contributed by atoms with Crippen molar-refractivity contribution in [3.8, 4) is 69.0 Å². The molecule has 5 aliphatic heterocycles. The molecule has 0 aliphatic carbocycles. The van der Waals surface area contributed by atoms with E-state index in [0.717, 1.165) is 125 Å². The highest BCUT2D eigenvalue weighted by molar-refractivity contribution is 6.19. The molecule has 0 saturated carbocycles. The van der Waals surface area contributed by atoms with E-state index >= 15 is 0 Å². The highest BCUT2D eigenvalue weighted by atomic mass is 35.5. The summed E-state index contributed by atoms with van der Waals surface area (Å²) in [6, 6.07) is 30.7.